The maximum Gasteiger partial charge on any atom is 0.327 e. The van der Waals surface area contributed by atoms with Crippen molar-refractivity contribution >= 4 is 21.8 Å². The molecule has 0 saturated carbocycles. The number of esters is 1. The lowest BCUT2D eigenvalue weighted by Gasteiger charge is -2.23. The fourth-order valence-corrected chi connectivity index (χ4v) is 4.94. The molecule has 32 heavy (non-hydrogen) atoms. The molecule has 164 valence electrons. The molecular formula is C24H21NO6S. The molecule has 3 aromatic carbocycles. The lowest BCUT2D eigenvalue weighted by Crippen LogP contribution is -2.45. The zero-order valence-corrected chi connectivity index (χ0v) is 18.0. The fraction of sp³-hybridized carbons (Fsp3) is 0.167. The Morgan fingerprint density at radius 3 is 2.25 bits per heavy atom. The molecule has 0 amide bonds. The first-order valence-electron chi connectivity index (χ1n) is 10.0. The van der Waals surface area contributed by atoms with Gasteiger partial charge >= 0.3 is 5.97 Å². The van der Waals surface area contributed by atoms with Gasteiger partial charge in [-0.1, -0.05) is 60.7 Å². The molecule has 2 atom stereocenters. The number of ether oxygens (including phenoxy) is 1. The number of fused-ring (bicyclic) bond motifs is 3. The lowest BCUT2D eigenvalue weighted by atomic mass is 10.0. The van der Waals surface area contributed by atoms with Crippen molar-refractivity contribution in [3.8, 4) is 11.1 Å². The van der Waals surface area contributed by atoms with Gasteiger partial charge in [0, 0.05) is 11.1 Å². The van der Waals surface area contributed by atoms with Crippen molar-refractivity contribution in [1.29, 1.82) is 0 Å². The van der Waals surface area contributed by atoms with E-state index < -0.39 is 28.1 Å². The lowest BCUT2D eigenvalue weighted by molar-refractivity contribution is -0.148. The van der Waals surface area contributed by atoms with Gasteiger partial charge in [0.25, 0.3) is 0 Å². The Balaban J connectivity index is 1.68. The third-order valence-electron chi connectivity index (χ3n) is 5.29. The maximum absolute atomic E-state index is 13.1. The molecule has 8 heteroatoms. The predicted octanol–water partition coefficient (Wildman–Crippen LogP) is 2.84. The largest absolute Gasteiger partial charge is 0.465 e. The molecule has 0 bridgehead atoms. The van der Waals surface area contributed by atoms with Gasteiger partial charge in [0.1, 0.15) is 12.1 Å². The van der Waals surface area contributed by atoms with Crippen molar-refractivity contribution in [2.45, 2.75) is 24.0 Å². The summed E-state index contributed by atoms with van der Waals surface area (Å²) >= 11 is 0. The van der Waals surface area contributed by atoms with Crippen LogP contribution in [-0.2, 0) is 19.6 Å². The van der Waals surface area contributed by atoms with Gasteiger partial charge < -0.3 is 9.84 Å². The third kappa shape index (κ3) is 3.95. The molecule has 4 rings (SSSR count). The number of aliphatic hydroxyl groups is 1. The van der Waals surface area contributed by atoms with Crippen LogP contribution in [0.5, 0.6) is 0 Å². The van der Waals surface area contributed by atoms with Gasteiger partial charge in [0.15, 0.2) is 5.78 Å². The SMILES string of the molecule is CCOC(=O)C(NS(=O)(=O)c1ccc2c(c1)C(=O)c1ccccc1-2)C(O)c1ccccc1. The van der Waals surface area contributed by atoms with E-state index in [9.17, 15) is 23.1 Å². The Morgan fingerprint density at radius 2 is 1.56 bits per heavy atom. The number of nitrogens with one attached hydrogen (secondary N) is 1. The first kappa shape index (κ1) is 21.9. The highest BCUT2D eigenvalue weighted by atomic mass is 32.2. The van der Waals surface area contributed by atoms with Crippen LogP contribution >= 0.6 is 0 Å². The van der Waals surface area contributed by atoms with E-state index in [0.29, 0.717) is 16.7 Å². The first-order valence-corrected chi connectivity index (χ1v) is 11.5. The molecule has 7 nitrogen and oxygen atoms in total. The number of sulfonamides is 1. The van der Waals surface area contributed by atoms with Crippen LogP contribution in [0.25, 0.3) is 11.1 Å². The maximum atomic E-state index is 13.1. The normalized spacial score (nSPS) is 14.4. The molecule has 1 aliphatic rings. The van der Waals surface area contributed by atoms with Gasteiger partial charge in [-0.05, 0) is 35.7 Å². The van der Waals surface area contributed by atoms with Crippen LogP contribution < -0.4 is 4.72 Å². The molecule has 0 spiro atoms. The van der Waals surface area contributed by atoms with Crippen molar-refractivity contribution < 1.29 is 27.9 Å². The standard InChI is InChI=1S/C24H21NO6S/c1-2-31-24(28)21(22(26)15-8-4-3-5-9-15)25-32(29,30)16-12-13-18-17-10-6-7-11-19(17)23(27)20(18)14-16/h3-14,21-22,25-26H,2H2,1H3. The minimum atomic E-state index is -4.27. The molecule has 2 unspecified atom stereocenters. The van der Waals surface area contributed by atoms with Crippen LogP contribution in [0.2, 0.25) is 0 Å². The average molecular weight is 452 g/mol. The Bertz CT molecular complexity index is 1290. The third-order valence-corrected chi connectivity index (χ3v) is 6.73. The summed E-state index contributed by atoms with van der Waals surface area (Å²) in [6.07, 6.45) is -1.47. The second-order valence-electron chi connectivity index (χ2n) is 7.29. The van der Waals surface area contributed by atoms with Crippen molar-refractivity contribution in [2.75, 3.05) is 6.61 Å². The Kier molecular flexibility index (Phi) is 5.92. The van der Waals surface area contributed by atoms with Crippen LogP contribution in [0.4, 0.5) is 0 Å². The summed E-state index contributed by atoms with van der Waals surface area (Å²) in [5.41, 5.74) is 2.52. The Hall–Kier alpha value is -3.33. The highest BCUT2D eigenvalue weighted by Crippen LogP contribution is 2.37. The van der Waals surface area contributed by atoms with Crippen LogP contribution in [-0.4, -0.2) is 37.9 Å². The molecule has 0 heterocycles. The quantitative estimate of drug-likeness (QED) is 0.418. The van der Waals surface area contributed by atoms with E-state index in [0.717, 1.165) is 5.56 Å². The van der Waals surface area contributed by atoms with E-state index in [1.807, 2.05) is 6.07 Å². The summed E-state index contributed by atoms with van der Waals surface area (Å²) < 4.78 is 33.5. The molecular weight excluding hydrogens is 430 g/mol. The smallest absolute Gasteiger partial charge is 0.327 e. The van der Waals surface area contributed by atoms with Crippen LogP contribution in [0, 0.1) is 0 Å². The molecule has 0 aliphatic heterocycles. The summed E-state index contributed by atoms with van der Waals surface area (Å²) in [4.78, 5) is 25.1. The molecule has 1 aliphatic carbocycles. The summed E-state index contributed by atoms with van der Waals surface area (Å²) in [6, 6.07) is 17.9. The molecule has 0 aromatic heterocycles. The van der Waals surface area contributed by atoms with Crippen molar-refractivity contribution in [1.82, 2.24) is 4.72 Å². The fourth-order valence-electron chi connectivity index (χ4n) is 3.73. The summed E-state index contributed by atoms with van der Waals surface area (Å²) in [6.45, 7) is 1.60. The van der Waals surface area contributed by atoms with Gasteiger partial charge in [-0.3, -0.25) is 9.59 Å². The number of hydrogen-bond donors (Lipinski definition) is 2. The molecule has 0 saturated heterocycles. The number of carbonyl (C=O) groups excluding carboxylic acids is 2. The number of benzene rings is 3. The monoisotopic (exact) mass is 451 g/mol. The summed E-state index contributed by atoms with van der Waals surface area (Å²) in [5, 5.41) is 10.7. The van der Waals surface area contributed by atoms with E-state index >= 15 is 0 Å². The number of carbonyl (C=O) groups is 2. The van der Waals surface area contributed by atoms with Crippen molar-refractivity contribution in [3.05, 3.63) is 89.5 Å². The van der Waals surface area contributed by atoms with E-state index in [2.05, 4.69) is 4.72 Å². The topological polar surface area (TPSA) is 110 Å². The first-order chi connectivity index (χ1) is 15.3. The van der Waals surface area contributed by atoms with Crippen LogP contribution in [0.1, 0.15) is 34.5 Å². The zero-order valence-electron chi connectivity index (χ0n) is 17.2. The second-order valence-corrected chi connectivity index (χ2v) is 9.00. The van der Waals surface area contributed by atoms with Gasteiger partial charge in [-0.15, -0.1) is 0 Å². The van der Waals surface area contributed by atoms with E-state index in [1.54, 1.807) is 61.5 Å². The number of aliphatic hydroxyl groups excluding tert-OH is 1. The van der Waals surface area contributed by atoms with Gasteiger partial charge in [-0.2, -0.15) is 4.72 Å². The molecule has 0 fully saturated rings. The number of rotatable bonds is 7. The Morgan fingerprint density at radius 1 is 0.938 bits per heavy atom. The summed E-state index contributed by atoms with van der Waals surface area (Å²) in [5.74, 6) is -1.17. The molecule has 0 radical (unpaired) electrons. The van der Waals surface area contributed by atoms with Crippen LogP contribution in [0.15, 0.2) is 77.7 Å². The number of hydrogen-bond acceptors (Lipinski definition) is 6. The van der Waals surface area contributed by atoms with Gasteiger partial charge in [-0.25, -0.2) is 8.42 Å². The highest BCUT2D eigenvalue weighted by Gasteiger charge is 2.35. The molecule has 2 N–H and O–H groups in total. The van der Waals surface area contributed by atoms with E-state index in [4.69, 9.17) is 4.74 Å². The second kappa shape index (κ2) is 8.66. The van der Waals surface area contributed by atoms with Gasteiger partial charge in [0.2, 0.25) is 10.0 Å². The average Bonchev–Trinajstić information content (AvgIpc) is 3.09. The highest BCUT2D eigenvalue weighted by molar-refractivity contribution is 7.89. The minimum Gasteiger partial charge on any atom is -0.465 e. The van der Waals surface area contributed by atoms with E-state index in [-0.39, 0.29) is 22.8 Å². The van der Waals surface area contributed by atoms with Gasteiger partial charge in [0.05, 0.1) is 11.5 Å². The van der Waals surface area contributed by atoms with E-state index in [1.165, 1.54) is 12.1 Å². The van der Waals surface area contributed by atoms with Crippen molar-refractivity contribution in [3.63, 3.8) is 0 Å². The Labute approximate surface area is 185 Å². The summed E-state index contributed by atoms with van der Waals surface area (Å²) in [7, 11) is -4.27. The zero-order chi connectivity index (χ0) is 22.9. The number of ketones is 1. The van der Waals surface area contributed by atoms with Crippen molar-refractivity contribution in [2.24, 2.45) is 0 Å². The predicted molar refractivity (Wildman–Crippen MR) is 117 cm³/mol. The van der Waals surface area contributed by atoms with Crippen LogP contribution in [0.3, 0.4) is 0 Å². The minimum absolute atomic E-state index is 0.0180. The molecule has 3 aromatic rings.